The number of azo groups is 1. The van der Waals surface area contributed by atoms with E-state index in [-0.39, 0.29) is 22.3 Å². The summed E-state index contributed by atoms with van der Waals surface area (Å²) in [7, 11) is -7.34. The second kappa shape index (κ2) is 6.14. The first-order chi connectivity index (χ1) is 11.7. The molecule has 0 fully saturated rings. The summed E-state index contributed by atoms with van der Waals surface area (Å²) in [4.78, 5) is 4.18. The lowest BCUT2D eigenvalue weighted by Crippen LogP contribution is -2.12. The van der Waals surface area contributed by atoms with Crippen LogP contribution >= 0.6 is 0 Å². The van der Waals surface area contributed by atoms with Crippen LogP contribution in [0.15, 0.2) is 67.5 Å². The van der Waals surface area contributed by atoms with Crippen LogP contribution in [-0.2, 0) is 19.9 Å². The minimum atomic E-state index is -3.81. The summed E-state index contributed by atoms with van der Waals surface area (Å²) in [6, 6.07) is 10.6. The SMILES string of the molecule is CS(=O)(=O)c1cccc(-c2ccc(S(N)(=O)=O)cc2)c1C1=NCN=N1. The van der Waals surface area contributed by atoms with Gasteiger partial charge in [-0.15, -0.1) is 5.11 Å². The lowest BCUT2D eigenvalue weighted by molar-refractivity contribution is 0.597. The molecule has 3 rings (SSSR count). The summed E-state index contributed by atoms with van der Waals surface area (Å²) < 4.78 is 47.1. The van der Waals surface area contributed by atoms with Gasteiger partial charge in [0.25, 0.3) is 0 Å². The minimum Gasteiger partial charge on any atom is -0.239 e. The molecule has 0 unspecified atom stereocenters. The number of hydrogen-bond acceptors (Lipinski definition) is 7. The molecule has 2 N–H and O–H groups in total. The molecule has 0 aliphatic carbocycles. The number of primary sulfonamides is 1. The van der Waals surface area contributed by atoms with Gasteiger partial charge in [0.1, 0.15) is 0 Å². The van der Waals surface area contributed by atoms with Gasteiger partial charge < -0.3 is 0 Å². The minimum absolute atomic E-state index is 0.0324. The van der Waals surface area contributed by atoms with Gasteiger partial charge in [0, 0.05) is 11.8 Å². The van der Waals surface area contributed by atoms with Crippen LogP contribution in [-0.4, -0.2) is 35.6 Å². The van der Waals surface area contributed by atoms with Crippen molar-refractivity contribution in [2.75, 3.05) is 12.9 Å². The van der Waals surface area contributed by atoms with Crippen LogP contribution in [0.25, 0.3) is 11.1 Å². The Hall–Kier alpha value is -2.43. The average molecular weight is 378 g/mol. The smallest absolute Gasteiger partial charge is 0.238 e. The molecular formula is C15H14N4O4S2. The predicted molar refractivity (Wildman–Crippen MR) is 92.6 cm³/mol. The molecular weight excluding hydrogens is 364 g/mol. The number of nitrogens with zero attached hydrogens (tertiary/aromatic N) is 3. The van der Waals surface area contributed by atoms with Gasteiger partial charge in [-0.1, -0.05) is 24.3 Å². The molecule has 0 spiro atoms. The first-order valence-corrected chi connectivity index (χ1v) is 10.5. The Balaban J connectivity index is 2.25. The number of amidine groups is 1. The zero-order chi connectivity index (χ0) is 18.2. The molecule has 0 saturated heterocycles. The number of benzene rings is 2. The van der Waals surface area contributed by atoms with E-state index in [0.29, 0.717) is 16.7 Å². The predicted octanol–water partition coefficient (Wildman–Crippen LogP) is 1.57. The number of nitrogens with two attached hydrogens (primary N) is 1. The van der Waals surface area contributed by atoms with E-state index in [0.717, 1.165) is 6.26 Å². The second-order valence-electron chi connectivity index (χ2n) is 5.38. The maximum Gasteiger partial charge on any atom is 0.238 e. The van der Waals surface area contributed by atoms with E-state index in [1.807, 2.05) is 0 Å². The number of sulfone groups is 1. The maximum absolute atomic E-state index is 12.2. The van der Waals surface area contributed by atoms with Gasteiger partial charge in [-0.2, -0.15) is 5.11 Å². The molecule has 1 heterocycles. The molecule has 0 atom stereocenters. The maximum atomic E-state index is 12.2. The third-order valence-corrected chi connectivity index (χ3v) is 5.66. The van der Waals surface area contributed by atoms with Crippen LogP contribution in [0.3, 0.4) is 0 Å². The summed E-state index contributed by atoms with van der Waals surface area (Å²) >= 11 is 0. The van der Waals surface area contributed by atoms with Crippen molar-refractivity contribution < 1.29 is 16.8 Å². The van der Waals surface area contributed by atoms with Crippen molar-refractivity contribution >= 4 is 25.7 Å². The Bertz CT molecular complexity index is 1100. The van der Waals surface area contributed by atoms with Gasteiger partial charge >= 0.3 is 0 Å². The fraction of sp³-hybridized carbons (Fsp3) is 0.133. The van der Waals surface area contributed by atoms with Crippen molar-refractivity contribution in [3.05, 3.63) is 48.0 Å². The summed E-state index contributed by atoms with van der Waals surface area (Å²) in [5.41, 5.74) is 1.51. The zero-order valence-electron chi connectivity index (χ0n) is 13.1. The lowest BCUT2D eigenvalue weighted by atomic mass is 9.99. The fourth-order valence-electron chi connectivity index (χ4n) is 2.49. The quantitative estimate of drug-likeness (QED) is 0.865. The molecule has 0 amide bonds. The third-order valence-electron chi connectivity index (χ3n) is 3.59. The van der Waals surface area contributed by atoms with E-state index in [9.17, 15) is 16.8 Å². The summed E-state index contributed by atoms with van der Waals surface area (Å²) in [6.07, 6.45) is 1.10. The zero-order valence-corrected chi connectivity index (χ0v) is 14.8. The van der Waals surface area contributed by atoms with E-state index >= 15 is 0 Å². The van der Waals surface area contributed by atoms with Crippen molar-refractivity contribution in [2.24, 2.45) is 20.4 Å². The van der Waals surface area contributed by atoms with Crippen molar-refractivity contribution in [3.63, 3.8) is 0 Å². The van der Waals surface area contributed by atoms with Gasteiger partial charge in [0.05, 0.1) is 9.79 Å². The van der Waals surface area contributed by atoms with Gasteiger partial charge in [0.15, 0.2) is 22.3 Å². The monoisotopic (exact) mass is 378 g/mol. The van der Waals surface area contributed by atoms with E-state index < -0.39 is 19.9 Å². The molecule has 1 aliphatic heterocycles. The normalized spacial score (nSPS) is 14.6. The fourth-order valence-corrected chi connectivity index (χ4v) is 3.91. The standard InChI is InChI=1S/C15H14N4O4S2/c1-24(20,21)13-4-2-3-12(14(13)15-17-9-18-19-15)10-5-7-11(8-6-10)25(16,22)23/h2-8H,9H2,1H3,(H2,16,22,23). The van der Waals surface area contributed by atoms with Gasteiger partial charge in [-0.25, -0.2) is 27.0 Å². The van der Waals surface area contributed by atoms with Crippen molar-refractivity contribution in [1.29, 1.82) is 0 Å². The van der Waals surface area contributed by atoms with Crippen LogP contribution in [0.1, 0.15) is 5.56 Å². The third kappa shape index (κ3) is 3.50. The van der Waals surface area contributed by atoms with Crippen LogP contribution < -0.4 is 5.14 Å². The average Bonchev–Trinajstić information content (AvgIpc) is 3.07. The van der Waals surface area contributed by atoms with E-state index in [1.54, 1.807) is 24.3 Å². The Morgan fingerprint density at radius 3 is 2.20 bits per heavy atom. The molecule has 0 saturated carbocycles. The van der Waals surface area contributed by atoms with Gasteiger partial charge in [0.2, 0.25) is 10.0 Å². The van der Waals surface area contributed by atoms with Gasteiger partial charge in [-0.3, -0.25) is 0 Å². The molecule has 0 bridgehead atoms. The number of hydrogen-bond donors (Lipinski definition) is 1. The highest BCUT2D eigenvalue weighted by Gasteiger charge is 2.23. The van der Waals surface area contributed by atoms with E-state index in [4.69, 9.17) is 5.14 Å². The number of aliphatic imine (C=N–C) groups is 1. The highest BCUT2D eigenvalue weighted by atomic mass is 32.2. The van der Waals surface area contributed by atoms with Crippen LogP contribution in [0.5, 0.6) is 0 Å². The van der Waals surface area contributed by atoms with Crippen LogP contribution in [0, 0.1) is 0 Å². The van der Waals surface area contributed by atoms with Crippen LogP contribution in [0.4, 0.5) is 0 Å². The van der Waals surface area contributed by atoms with Crippen molar-refractivity contribution in [2.45, 2.75) is 9.79 Å². The summed E-state index contributed by atoms with van der Waals surface area (Å²) in [5, 5.41) is 12.8. The molecule has 2 aromatic rings. The first kappa shape index (κ1) is 17.4. The molecule has 0 radical (unpaired) electrons. The number of sulfonamides is 1. The Labute approximate surface area is 145 Å². The molecule has 2 aromatic carbocycles. The van der Waals surface area contributed by atoms with Crippen molar-refractivity contribution in [3.8, 4) is 11.1 Å². The molecule has 10 heteroatoms. The highest BCUT2D eigenvalue weighted by molar-refractivity contribution is 7.90. The molecule has 8 nitrogen and oxygen atoms in total. The molecule has 130 valence electrons. The molecule has 25 heavy (non-hydrogen) atoms. The first-order valence-electron chi connectivity index (χ1n) is 7.06. The Morgan fingerprint density at radius 1 is 1.00 bits per heavy atom. The number of rotatable bonds is 4. The molecule has 0 aromatic heterocycles. The van der Waals surface area contributed by atoms with E-state index in [1.165, 1.54) is 18.2 Å². The Morgan fingerprint density at radius 2 is 1.68 bits per heavy atom. The largest absolute Gasteiger partial charge is 0.239 e. The van der Waals surface area contributed by atoms with Crippen LogP contribution in [0.2, 0.25) is 0 Å². The van der Waals surface area contributed by atoms with Crippen molar-refractivity contribution in [1.82, 2.24) is 0 Å². The highest BCUT2D eigenvalue weighted by Crippen LogP contribution is 2.31. The summed E-state index contributed by atoms with van der Waals surface area (Å²) in [5.74, 6) is 0.228. The summed E-state index contributed by atoms with van der Waals surface area (Å²) in [6.45, 7) is 0.136. The second-order valence-corrected chi connectivity index (χ2v) is 8.93. The van der Waals surface area contributed by atoms with E-state index in [2.05, 4.69) is 15.2 Å². The topological polar surface area (TPSA) is 131 Å². The molecule has 1 aliphatic rings. The van der Waals surface area contributed by atoms with Gasteiger partial charge in [-0.05, 0) is 29.3 Å². The Kier molecular flexibility index (Phi) is 4.27. The lowest BCUT2D eigenvalue weighted by Gasteiger charge is -2.12.